The van der Waals surface area contributed by atoms with E-state index in [-0.39, 0.29) is 11.4 Å². The van der Waals surface area contributed by atoms with Crippen LogP contribution in [0.5, 0.6) is 0 Å². The highest BCUT2D eigenvalue weighted by Gasteiger charge is 2.16. The van der Waals surface area contributed by atoms with Crippen molar-refractivity contribution in [3.8, 4) is 0 Å². The predicted molar refractivity (Wildman–Crippen MR) is 82.4 cm³/mol. The Kier molecular flexibility index (Phi) is 9.02. The maximum Gasteiger partial charge on any atom is 0.234 e. The molecular formula is C15H33N3O. The zero-order valence-electron chi connectivity index (χ0n) is 13.7. The molecule has 0 saturated carbocycles. The molecule has 0 aliphatic rings. The number of unbranched alkanes of at least 4 members (excludes halogenated alkanes) is 1. The number of carbonyl (C=O) groups is 1. The van der Waals surface area contributed by atoms with Crippen LogP contribution >= 0.6 is 0 Å². The normalized spacial score (nSPS) is 12.2. The molecule has 0 heterocycles. The molecule has 0 aromatic heterocycles. The fraction of sp³-hybridized carbons (Fsp3) is 0.933. The second-order valence-corrected chi connectivity index (χ2v) is 6.24. The minimum Gasteiger partial charge on any atom is -0.350 e. The van der Waals surface area contributed by atoms with Gasteiger partial charge in [0.15, 0.2) is 0 Å². The van der Waals surface area contributed by atoms with Crippen molar-refractivity contribution in [1.29, 1.82) is 0 Å². The van der Waals surface area contributed by atoms with Gasteiger partial charge in [-0.05, 0) is 67.1 Å². The van der Waals surface area contributed by atoms with E-state index >= 15 is 0 Å². The fourth-order valence-electron chi connectivity index (χ4n) is 1.58. The third-order valence-corrected chi connectivity index (χ3v) is 3.64. The molecule has 0 bridgehead atoms. The molecular weight excluding hydrogens is 238 g/mol. The first-order valence-electron chi connectivity index (χ1n) is 7.50. The number of nitrogens with one attached hydrogen (secondary N) is 2. The summed E-state index contributed by atoms with van der Waals surface area (Å²) in [6, 6.07) is 0.606. The van der Waals surface area contributed by atoms with Gasteiger partial charge in [-0.1, -0.05) is 6.92 Å². The van der Waals surface area contributed by atoms with Gasteiger partial charge in [0.05, 0.1) is 6.54 Å². The summed E-state index contributed by atoms with van der Waals surface area (Å²) in [5.41, 5.74) is -0.0985. The summed E-state index contributed by atoms with van der Waals surface area (Å²) in [6.07, 6.45) is 3.23. The molecule has 0 aliphatic carbocycles. The molecule has 4 nitrogen and oxygen atoms in total. The zero-order chi connectivity index (χ0) is 14.9. The molecule has 0 aliphatic heterocycles. The quantitative estimate of drug-likeness (QED) is 0.597. The van der Waals surface area contributed by atoms with Gasteiger partial charge in [-0.25, -0.2) is 0 Å². The molecule has 0 unspecified atom stereocenters. The SMILES string of the molecule is CCC(C)(C)NC(=O)CNCCCCN(C)C(C)C. The molecule has 0 atom stereocenters. The summed E-state index contributed by atoms with van der Waals surface area (Å²) in [5.74, 6) is 0.0890. The Bertz CT molecular complexity index is 252. The van der Waals surface area contributed by atoms with E-state index in [2.05, 4.69) is 43.4 Å². The number of carbonyl (C=O) groups excluding carboxylic acids is 1. The van der Waals surface area contributed by atoms with Crippen molar-refractivity contribution in [3.63, 3.8) is 0 Å². The second kappa shape index (κ2) is 9.32. The average Bonchev–Trinajstić information content (AvgIpc) is 2.32. The van der Waals surface area contributed by atoms with E-state index in [1.807, 2.05) is 13.8 Å². The third-order valence-electron chi connectivity index (χ3n) is 3.64. The minimum absolute atomic E-state index is 0.0890. The van der Waals surface area contributed by atoms with E-state index in [1.165, 1.54) is 6.42 Å². The van der Waals surface area contributed by atoms with Gasteiger partial charge in [0.1, 0.15) is 0 Å². The highest BCUT2D eigenvalue weighted by Crippen LogP contribution is 2.05. The summed E-state index contributed by atoms with van der Waals surface area (Å²) in [7, 11) is 2.15. The van der Waals surface area contributed by atoms with Crippen molar-refractivity contribution in [2.24, 2.45) is 0 Å². The molecule has 0 rings (SSSR count). The minimum atomic E-state index is -0.0985. The van der Waals surface area contributed by atoms with Crippen LogP contribution in [-0.2, 0) is 4.79 Å². The Hall–Kier alpha value is -0.610. The lowest BCUT2D eigenvalue weighted by Gasteiger charge is -2.24. The van der Waals surface area contributed by atoms with Gasteiger partial charge >= 0.3 is 0 Å². The predicted octanol–water partition coefficient (Wildman–Crippen LogP) is 2.00. The summed E-state index contributed by atoms with van der Waals surface area (Å²) >= 11 is 0. The van der Waals surface area contributed by atoms with Gasteiger partial charge in [0.2, 0.25) is 5.91 Å². The first-order valence-corrected chi connectivity index (χ1v) is 7.50. The number of rotatable bonds is 10. The molecule has 0 spiro atoms. The molecule has 0 aromatic rings. The van der Waals surface area contributed by atoms with Gasteiger partial charge in [0.25, 0.3) is 0 Å². The van der Waals surface area contributed by atoms with Crippen molar-refractivity contribution in [1.82, 2.24) is 15.5 Å². The number of hydrogen-bond donors (Lipinski definition) is 2. The molecule has 2 N–H and O–H groups in total. The van der Waals surface area contributed by atoms with E-state index in [4.69, 9.17) is 0 Å². The molecule has 4 heteroatoms. The van der Waals surface area contributed by atoms with Crippen LogP contribution < -0.4 is 10.6 Å². The van der Waals surface area contributed by atoms with E-state index in [9.17, 15) is 4.79 Å². The third kappa shape index (κ3) is 9.91. The summed E-state index contributed by atoms with van der Waals surface area (Å²) in [5, 5.41) is 6.22. The van der Waals surface area contributed by atoms with Crippen LogP contribution in [0.4, 0.5) is 0 Å². The molecule has 0 radical (unpaired) electrons. The standard InChI is InChI=1S/C15H33N3O/c1-7-15(4,5)17-14(19)12-16-10-8-9-11-18(6)13(2)3/h13,16H,7-12H2,1-6H3,(H,17,19). The summed E-state index contributed by atoms with van der Waals surface area (Å²) in [4.78, 5) is 14.0. The average molecular weight is 271 g/mol. The van der Waals surface area contributed by atoms with Crippen molar-refractivity contribution in [3.05, 3.63) is 0 Å². The summed E-state index contributed by atoms with van der Waals surface area (Å²) < 4.78 is 0. The topological polar surface area (TPSA) is 44.4 Å². The zero-order valence-corrected chi connectivity index (χ0v) is 13.7. The van der Waals surface area contributed by atoms with Gasteiger partial charge < -0.3 is 15.5 Å². The highest BCUT2D eigenvalue weighted by atomic mass is 16.2. The van der Waals surface area contributed by atoms with Crippen molar-refractivity contribution < 1.29 is 4.79 Å². The van der Waals surface area contributed by atoms with Crippen molar-refractivity contribution in [2.45, 2.75) is 65.5 Å². The van der Waals surface area contributed by atoms with Crippen LogP contribution in [0, 0.1) is 0 Å². The molecule has 0 saturated heterocycles. The van der Waals surface area contributed by atoms with Crippen molar-refractivity contribution >= 4 is 5.91 Å². The van der Waals surface area contributed by atoms with E-state index in [1.54, 1.807) is 0 Å². The maximum atomic E-state index is 11.7. The number of nitrogens with zero attached hydrogens (tertiary/aromatic N) is 1. The van der Waals surface area contributed by atoms with Crippen LogP contribution in [0.3, 0.4) is 0 Å². The number of hydrogen-bond acceptors (Lipinski definition) is 3. The smallest absolute Gasteiger partial charge is 0.234 e. The second-order valence-electron chi connectivity index (χ2n) is 6.24. The van der Waals surface area contributed by atoms with E-state index in [0.717, 1.165) is 25.9 Å². The van der Waals surface area contributed by atoms with Gasteiger partial charge in [0, 0.05) is 11.6 Å². The van der Waals surface area contributed by atoms with E-state index < -0.39 is 0 Å². The van der Waals surface area contributed by atoms with Gasteiger partial charge in [-0.2, -0.15) is 0 Å². The van der Waals surface area contributed by atoms with E-state index in [0.29, 0.717) is 12.6 Å². The first-order chi connectivity index (χ1) is 8.78. The number of amides is 1. The molecule has 1 amide bonds. The Morgan fingerprint density at radius 3 is 2.42 bits per heavy atom. The van der Waals surface area contributed by atoms with Crippen LogP contribution in [0.2, 0.25) is 0 Å². The molecule has 0 fully saturated rings. The van der Waals surface area contributed by atoms with Gasteiger partial charge in [-0.3, -0.25) is 4.79 Å². The molecule has 114 valence electrons. The largest absolute Gasteiger partial charge is 0.350 e. The highest BCUT2D eigenvalue weighted by molar-refractivity contribution is 5.78. The fourth-order valence-corrected chi connectivity index (χ4v) is 1.58. The van der Waals surface area contributed by atoms with Crippen LogP contribution in [-0.4, -0.2) is 49.1 Å². The first kappa shape index (κ1) is 18.4. The Labute approximate surface area is 119 Å². The molecule has 19 heavy (non-hydrogen) atoms. The molecule has 0 aromatic carbocycles. The lowest BCUT2D eigenvalue weighted by molar-refractivity contribution is -0.121. The lowest BCUT2D eigenvalue weighted by Crippen LogP contribution is -2.46. The van der Waals surface area contributed by atoms with Crippen LogP contribution in [0.25, 0.3) is 0 Å². The van der Waals surface area contributed by atoms with Crippen LogP contribution in [0.15, 0.2) is 0 Å². The van der Waals surface area contributed by atoms with Crippen molar-refractivity contribution in [2.75, 3.05) is 26.7 Å². The van der Waals surface area contributed by atoms with Crippen LogP contribution in [0.1, 0.15) is 53.9 Å². The van der Waals surface area contributed by atoms with Gasteiger partial charge in [-0.15, -0.1) is 0 Å². The summed E-state index contributed by atoms with van der Waals surface area (Å²) in [6.45, 7) is 13.0. The lowest BCUT2D eigenvalue weighted by atomic mass is 10.0. The maximum absolute atomic E-state index is 11.7. The Morgan fingerprint density at radius 1 is 1.26 bits per heavy atom. The monoisotopic (exact) mass is 271 g/mol. The Morgan fingerprint density at radius 2 is 1.89 bits per heavy atom. The Balaban J connectivity index is 3.52.